The number of aryl methyl sites for hydroxylation is 1. The van der Waals surface area contributed by atoms with E-state index in [-0.39, 0.29) is 0 Å². The summed E-state index contributed by atoms with van der Waals surface area (Å²) in [7, 11) is 0. The smallest absolute Gasteiger partial charge is 0.324 e. The van der Waals surface area contributed by atoms with Crippen molar-refractivity contribution in [3.63, 3.8) is 0 Å². The maximum absolute atomic E-state index is 13.1. The Balaban J connectivity index is 1.48. The van der Waals surface area contributed by atoms with E-state index >= 15 is 0 Å². The fourth-order valence-corrected chi connectivity index (χ4v) is 4.64. The molecule has 1 atom stereocenters. The first-order valence-electron chi connectivity index (χ1n) is 11.6. The van der Waals surface area contributed by atoms with Gasteiger partial charge in [-0.1, -0.05) is 60.2 Å². The molecule has 1 aliphatic heterocycles. The highest BCUT2D eigenvalue weighted by Crippen LogP contribution is 2.41. The Kier molecular flexibility index (Phi) is 5.81. The van der Waals surface area contributed by atoms with Gasteiger partial charge in [0.1, 0.15) is 12.4 Å². The highest BCUT2D eigenvalue weighted by Gasteiger charge is 2.48. The van der Waals surface area contributed by atoms with Crippen LogP contribution in [0.3, 0.4) is 0 Å². The molecule has 35 heavy (non-hydrogen) atoms. The van der Waals surface area contributed by atoms with Crippen LogP contribution in [0.1, 0.15) is 42.0 Å². The van der Waals surface area contributed by atoms with Gasteiger partial charge in [-0.05, 0) is 41.8 Å². The first-order chi connectivity index (χ1) is 16.8. The zero-order valence-electron chi connectivity index (χ0n) is 19.9. The van der Waals surface area contributed by atoms with Gasteiger partial charge in [0.2, 0.25) is 0 Å². The molecule has 0 radical (unpaired) electrons. The number of para-hydroxylation sites is 1. The molecule has 0 saturated carbocycles. The molecule has 0 bridgehead atoms. The molecule has 1 fully saturated rings. The van der Waals surface area contributed by atoms with Gasteiger partial charge in [0.15, 0.2) is 5.92 Å². The minimum atomic E-state index is -1.29. The summed E-state index contributed by atoms with van der Waals surface area (Å²) in [6.45, 7) is 5.61. The van der Waals surface area contributed by atoms with Gasteiger partial charge in [-0.25, -0.2) is 0 Å². The van der Waals surface area contributed by atoms with Crippen molar-refractivity contribution in [1.29, 1.82) is 0 Å². The van der Waals surface area contributed by atoms with E-state index in [2.05, 4.69) is 11.1 Å². The number of carbonyl (C=O) groups excluding carboxylic acids is 2. The van der Waals surface area contributed by atoms with Gasteiger partial charge in [-0.15, -0.1) is 0 Å². The van der Waals surface area contributed by atoms with Crippen LogP contribution < -0.4 is 4.74 Å². The third-order valence-electron chi connectivity index (χ3n) is 6.22. The standard InChI is InChI=1S/C29H27NO5/c1-18-7-6-8-19(15-18)17-33-21-13-11-20(12-14-21)25(23-16-30-24-10-5-4-9-22(23)24)26-27(31)34-29(2,3)35-28(26)32/h4-16,25-26,30H,17H2,1-3H3/t25-/m1/s1. The van der Waals surface area contributed by atoms with Crippen LogP contribution in [-0.4, -0.2) is 22.7 Å². The number of cyclic esters (lactones) is 2. The molecule has 1 saturated heterocycles. The normalized spacial score (nSPS) is 16.5. The van der Waals surface area contributed by atoms with Crippen molar-refractivity contribution in [1.82, 2.24) is 4.98 Å². The minimum absolute atomic E-state index is 0.448. The van der Waals surface area contributed by atoms with Gasteiger partial charge in [-0.2, -0.15) is 0 Å². The highest BCUT2D eigenvalue weighted by atomic mass is 16.7. The van der Waals surface area contributed by atoms with Gasteiger partial charge < -0.3 is 19.2 Å². The van der Waals surface area contributed by atoms with Crippen molar-refractivity contribution in [3.05, 3.63) is 101 Å². The van der Waals surface area contributed by atoms with Crippen molar-refractivity contribution < 1.29 is 23.8 Å². The van der Waals surface area contributed by atoms with Crippen LogP contribution in [-0.2, 0) is 25.7 Å². The Labute approximate surface area is 203 Å². The SMILES string of the molecule is Cc1cccc(COc2ccc([C@H](c3c[nH]c4ccccc34)C3C(=O)OC(C)(C)OC3=O)cc2)c1. The van der Waals surface area contributed by atoms with Gasteiger partial charge in [-0.3, -0.25) is 9.59 Å². The average Bonchev–Trinajstić information content (AvgIpc) is 3.24. The highest BCUT2D eigenvalue weighted by molar-refractivity contribution is 5.99. The summed E-state index contributed by atoms with van der Waals surface area (Å²) in [6.07, 6.45) is 1.85. The lowest BCUT2D eigenvalue weighted by Gasteiger charge is -2.36. The monoisotopic (exact) mass is 469 g/mol. The number of aromatic amines is 1. The largest absolute Gasteiger partial charge is 0.489 e. The van der Waals surface area contributed by atoms with E-state index in [1.165, 1.54) is 5.56 Å². The molecule has 1 aromatic heterocycles. The number of esters is 2. The first-order valence-corrected chi connectivity index (χ1v) is 11.6. The number of rotatable bonds is 6. The van der Waals surface area contributed by atoms with E-state index in [1.54, 1.807) is 13.8 Å². The van der Waals surface area contributed by atoms with E-state index in [4.69, 9.17) is 14.2 Å². The maximum atomic E-state index is 13.1. The zero-order valence-corrected chi connectivity index (χ0v) is 19.9. The molecule has 5 rings (SSSR count). The van der Waals surface area contributed by atoms with E-state index in [9.17, 15) is 9.59 Å². The first kappa shape index (κ1) is 22.7. The molecule has 2 heterocycles. The van der Waals surface area contributed by atoms with Crippen molar-refractivity contribution >= 4 is 22.8 Å². The van der Waals surface area contributed by atoms with Gasteiger partial charge in [0.05, 0.1) is 0 Å². The number of carbonyl (C=O) groups is 2. The van der Waals surface area contributed by atoms with E-state index in [0.717, 1.165) is 27.6 Å². The molecule has 3 aromatic carbocycles. The zero-order chi connectivity index (χ0) is 24.6. The number of H-pyrrole nitrogens is 1. The molecule has 178 valence electrons. The number of ether oxygens (including phenoxy) is 3. The fraction of sp³-hybridized carbons (Fsp3) is 0.241. The molecular weight excluding hydrogens is 442 g/mol. The van der Waals surface area contributed by atoms with Crippen LogP contribution in [0.4, 0.5) is 0 Å². The van der Waals surface area contributed by atoms with Crippen molar-refractivity contribution in [2.45, 2.75) is 39.1 Å². The maximum Gasteiger partial charge on any atom is 0.324 e. The van der Waals surface area contributed by atoms with Crippen LogP contribution in [0.2, 0.25) is 0 Å². The number of hydrogen-bond donors (Lipinski definition) is 1. The molecule has 1 N–H and O–H groups in total. The molecular formula is C29H27NO5. The predicted molar refractivity (Wildman–Crippen MR) is 132 cm³/mol. The summed E-state index contributed by atoms with van der Waals surface area (Å²) >= 11 is 0. The van der Waals surface area contributed by atoms with Crippen molar-refractivity contribution in [2.24, 2.45) is 5.92 Å². The summed E-state index contributed by atoms with van der Waals surface area (Å²) in [5, 5.41) is 0.933. The van der Waals surface area contributed by atoms with Gasteiger partial charge >= 0.3 is 11.9 Å². The Hall–Kier alpha value is -4.06. The summed E-state index contributed by atoms with van der Waals surface area (Å²) in [6, 6.07) is 23.4. The van der Waals surface area contributed by atoms with E-state index in [1.807, 2.05) is 79.9 Å². The molecule has 0 aliphatic carbocycles. The predicted octanol–water partition coefficient (Wildman–Crippen LogP) is 5.64. The van der Waals surface area contributed by atoms with Crippen molar-refractivity contribution in [3.8, 4) is 5.75 Å². The van der Waals surface area contributed by atoms with Crippen LogP contribution in [0, 0.1) is 12.8 Å². The second-order valence-electron chi connectivity index (χ2n) is 9.33. The molecule has 0 spiro atoms. The number of fused-ring (bicyclic) bond motifs is 1. The topological polar surface area (TPSA) is 77.6 Å². The lowest BCUT2D eigenvalue weighted by molar-refractivity contribution is -0.240. The minimum Gasteiger partial charge on any atom is -0.489 e. The van der Waals surface area contributed by atoms with Crippen molar-refractivity contribution in [2.75, 3.05) is 0 Å². The third kappa shape index (κ3) is 4.64. The Morgan fingerprint density at radius 3 is 2.37 bits per heavy atom. The second kappa shape index (κ2) is 8.95. The number of hydrogen-bond acceptors (Lipinski definition) is 5. The Bertz CT molecular complexity index is 1370. The average molecular weight is 470 g/mol. The van der Waals surface area contributed by atoms with Gasteiger partial charge in [0, 0.05) is 36.9 Å². The van der Waals surface area contributed by atoms with E-state index in [0.29, 0.717) is 12.4 Å². The number of aromatic nitrogens is 1. The Morgan fingerprint density at radius 1 is 0.943 bits per heavy atom. The summed E-state index contributed by atoms with van der Waals surface area (Å²) in [5.74, 6) is -3.50. The molecule has 6 nitrogen and oxygen atoms in total. The quantitative estimate of drug-likeness (QED) is 0.292. The van der Waals surface area contributed by atoms with Crippen LogP contribution in [0.5, 0.6) is 5.75 Å². The summed E-state index contributed by atoms with van der Waals surface area (Å²) < 4.78 is 16.9. The molecule has 6 heteroatoms. The fourth-order valence-electron chi connectivity index (χ4n) is 4.64. The molecule has 1 aliphatic rings. The number of nitrogens with one attached hydrogen (secondary N) is 1. The van der Waals surface area contributed by atoms with Crippen LogP contribution in [0.25, 0.3) is 10.9 Å². The molecule has 0 unspecified atom stereocenters. The molecule has 4 aromatic rings. The van der Waals surface area contributed by atoms with Crippen LogP contribution >= 0.6 is 0 Å². The van der Waals surface area contributed by atoms with Crippen LogP contribution in [0.15, 0.2) is 79.0 Å². The summed E-state index contributed by atoms with van der Waals surface area (Å²) in [4.78, 5) is 29.4. The van der Waals surface area contributed by atoms with Gasteiger partial charge in [0.25, 0.3) is 5.79 Å². The van der Waals surface area contributed by atoms with E-state index < -0.39 is 29.6 Å². The molecule has 0 amide bonds. The third-order valence-corrected chi connectivity index (χ3v) is 6.22. The second-order valence-corrected chi connectivity index (χ2v) is 9.33. The Morgan fingerprint density at radius 2 is 1.66 bits per heavy atom. The lowest BCUT2D eigenvalue weighted by atomic mass is 9.80. The summed E-state index contributed by atoms with van der Waals surface area (Å²) in [5.41, 5.74) is 4.80. The lowest BCUT2D eigenvalue weighted by Crippen LogP contribution is -2.48. The number of benzene rings is 3.